The van der Waals surface area contributed by atoms with E-state index in [0.717, 1.165) is 6.07 Å². The number of nitrogens with zero attached hydrogens (tertiary/aromatic N) is 1. The Morgan fingerprint density at radius 1 is 1.20 bits per heavy atom. The molecular weight excluding hydrogens is 265 g/mol. The van der Waals surface area contributed by atoms with E-state index in [9.17, 15) is 13.2 Å². The van der Waals surface area contributed by atoms with Gasteiger partial charge in [0.2, 0.25) is 0 Å². The van der Waals surface area contributed by atoms with Crippen LogP contribution in [-0.4, -0.2) is 12.0 Å². The number of hydrogen-bond donors (Lipinski definition) is 1. The van der Waals surface area contributed by atoms with Crippen LogP contribution in [0, 0.1) is 16.7 Å². The highest BCUT2D eigenvalue weighted by Crippen LogP contribution is 2.72. The monoisotopic (exact) mass is 286 g/mol. The lowest BCUT2D eigenvalue weighted by atomic mass is 9.94. The Balaban J connectivity index is 2.46. The van der Waals surface area contributed by atoms with Gasteiger partial charge in [-0.3, -0.25) is 4.98 Å². The van der Waals surface area contributed by atoms with Gasteiger partial charge in [0.25, 0.3) is 0 Å². The molecule has 1 aliphatic rings. The van der Waals surface area contributed by atoms with Crippen molar-refractivity contribution in [3.05, 3.63) is 29.6 Å². The minimum atomic E-state index is -4.35. The van der Waals surface area contributed by atoms with Crippen molar-refractivity contribution >= 4 is 0 Å². The van der Waals surface area contributed by atoms with Crippen LogP contribution in [0.3, 0.4) is 0 Å². The molecule has 0 aliphatic heterocycles. The van der Waals surface area contributed by atoms with Crippen LogP contribution < -0.4 is 5.32 Å². The molecule has 0 bridgehead atoms. The van der Waals surface area contributed by atoms with Gasteiger partial charge in [0.05, 0.1) is 5.56 Å². The van der Waals surface area contributed by atoms with Gasteiger partial charge in [0.15, 0.2) is 0 Å². The molecule has 1 fully saturated rings. The van der Waals surface area contributed by atoms with Gasteiger partial charge in [-0.25, -0.2) is 0 Å². The van der Waals surface area contributed by atoms with Crippen LogP contribution >= 0.6 is 0 Å². The maximum Gasteiger partial charge on any atom is 0.416 e. The van der Waals surface area contributed by atoms with Gasteiger partial charge < -0.3 is 5.32 Å². The lowest BCUT2D eigenvalue weighted by molar-refractivity contribution is -0.138. The first kappa shape index (κ1) is 15.3. The summed E-state index contributed by atoms with van der Waals surface area (Å²) < 4.78 is 39.5. The van der Waals surface area contributed by atoms with E-state index in [4.69, 9.17) is 0 Å². The van der Waals surface area contributed by atoms with Crippen LogP contribution in [0.15, 0.2) is 18.5 Å². The first-order chi connectivity index (χ1) is 9.05. The second-order valence-corrected chi connectivity index (χ2v) is 6.65. The van der Waals surface area contributed by atoms with E-state index in [2.05, 4.69) is 38.0 Å². The van der Waals surface area contributed by atoms with Crippen molar-refractivity contribution in [2.45, 2.75) is 39.9 Å². The predicted octanol–water partition coefficient (Wildman–Crippen LogP) is 4.04. The van der Waals surface area contributed by atoms with E-state index in [1.54, 1.807) is 7.05 Å². The third-order valence-corrected chi connectivity index (χ3v) is 5.27. The second kappa shape index (κ2) is 4.45. The van der Waals surface area contributed by atoms with Crippen molar-refractivity contribution < 1.29 is 13.2 Å². The largest absolute Gasteiger partial charge is 0.416 e. The maximum absolute atomic E-state index is 13.2. The number of hydrogen-bond acceptors (Lipinski definition) is 2. The molecule has 112 valence electrons. The van der Waals surface area contributed by atoms with E-state index in [1.807, 2.05) is 0 Å². The van der Waals surface area contributed by atoms with Crippen molar-refractivity contribution in [2.24, 2.45) is 16.7 Å². The number of aromatic nitrogens is 1. The summed E-state index contributed by atoms with van der Waals surface area (Å²) in [6.45, 7) is 8.41. The zero-order valence-corrected chi connectivity index (χ0v) is 12.5. The normalized spacial score (nSPS) is 22.6. The fourth-order valence-electron chi connectivity index (χ4n) is 3.50. The lowest BCUT2D eigenvalue weighted by Gasteiger charge is -2.22. The Labute approximate surface area is 117 Å². The SMILES string of the molecule is CNC(c1cnccc1C(F)(F)F)C1C(C)(C)C1(C)C. The summed E-state index contributed by atoms with van der Waals surface area (Å²) in [5.74, 6) is 0.144. The molecule has 0 radical (unpaired) electrons. The molecule has 5 heteroatoms. The second-order valence-electron chi connectivity index (χ2n) is 6.65. The lowest BCUT2D eigenvalue weighted by Crippen LogP contribution is -2.25. The third kappa shape index (κ3) is 2.12. The summed E-state index contributed by atoms with van der Waals surface area (Å²) in [6.07, 6.45) is -1.81. The van der Waals surface area contributed by atoms with Crippen LogP contribution in [0.25, 0.3) is 0 Å². The van der Waals surface area contributed by atoms with E-state index >= 15 is 0 Å². The smallest absolute Gasteiger partial charge is 0.313 e. The predicted molar refractivity (Wildman–Crippen MR) is 72.1 cm³/mol. The fraction of sp³-hybridized carbons (Fsp3) is 0.667. The van der Waals surface area contributed by atoms with Crippen LogP contribution in [0.1, 0.15) is 44.9 Å². The zero-order chi connectivity index (χ0) is 15.3. The van der Waals surface area contributed by atoms with E-state index in [1.165, 1.54) is 12.4 Å². The van der Waals surface area contributed by atoms with Crippen molar-refractivity contribution in [2.75, 3.05) is 7.05 Å². The number of halogens is 3. The van der Waals surface area contributed by atoms with Gasteiger partial charge >= 0.3 is 6.18 Å². The van der Waals surface area contributed by atoms with Gasteiger partial charge in [0, 0.05) is 18.4 Å². The number of rotatable bonds is 3. The van der Waals surface area contributed by atoms with Crippen molar-refractivity contribution in [1.82, 2.24) is 10.3 Å². The molecule has 1 heterocycles. The Hall–Kier alpha value is -1.10. The van der Waals surface area contributed by atoms with Gasteiger partial charge in [-0.2, -0.15) is 13.2 Å². The Morgan fingerprint density at radius 3 is 2.15 bits per heavy atom. The van der Waals surface area contributed by atoms with Crippen LogP contribution in [0.5, 0.6) is 0 Å². The minimum Gasteiger partial charge on any atom is -0.313 e. The average molecular weight is 286 g/mol. The summed E-state index contributed by atoms with van der Waals surface area (Å²) in [5, 5.41) is 3.06. The van der Waals surface area contributed by atoms with E-state index in [0.29, 0.717) is 0 Å². The van der Waals surface area contributed by atoms with E-state index < -0.39 is 11.7 Å². The summed E-state index contributed by atoms with van der Waals surface area (Å²) >= 11 is 0. The molecule has 1 unspecified atom stereocenters. The maximum atomic E-state index is 13.2. The third-order valence-electron chi connectivity index (χ3n) is 5.27. The molecule has 1 aromatic rings. The summed E-state index contributed by atoms with van der Waals surface area (Å²) in [4.78, 5) is 3.89. The van der Waals surface area contributed by atoms with E-state index in [-0.39, 0.29) is 28.4 Å². The molecule has 1 saturated carbocycles. The molecule has 0 spiro atoms. The standard InChI is InChI=1S/C15H21F3N2/c1-13(2)12(14(13,3)4)11(19-5)9-8-20-7-6-10(9)15(16,17)18/h6-8,11-12,19H,1-5H3. The molecule has 1 atom stereocenters. The highest BCUT2D eigenvalue weighted by Gasteiger charge is 2.67. The number of pyridine rings is 1. The number of nitrogens with one attached hydrogen (secondary N) is 1. The van der Waals surface area contributed by atoms with Crippen molar-refractivity contribution in [3.8, 4) is 0 Å². The Bertz CT molecular complexity index is 492. The van der Waals surface area contributed by atoms with Gasteiger partial charge in [0.1, 0.15) is 0 Å². The van der Waals surface area contributed by atoms with Crippen LogP contribution in [0.4, 0.5) is 13.2 Å². The Kier molecular flexibility index (Phi) is 3.40. The molecule has 2 nitrogen and oxygen atoms in total. The minimum absolute atomic E-state index is 0.000608. The molecule has 1 N–H and O–H groups in total. The molecule has 1 aliphatic carbocycles. The fourth-order valence-corrected chi connectivity index (χ4v) is 3.50. The quantitative estimate of drug-likeness (QED) is 0.907. The van der Waals surface area contributed by atoms with Gasteiger partial charge in [-0.1, -0.05) is 27.7 Å². The molecule has 20 heavy (non-hydrogen) atoms. The first-order valence-corrected chi connectivity index (χ1v) is 6.73. The average Bonchev–Trinajstić information content (AvgIpc) is 2.72. The highest BCUT2D eigenvalue weighted by molar-refractivity contribution is 5.33. The summed E-state index contributed by atoms with van der Waals surface area (Å²) in [6, 6.07) is 0.715. The highest BCUT2D eigenvalue weighted by atomic mass is 19.4. The van der Waals surface area contributed by atoms with Crippen LogP contribution in [-0.2, 0) is 6.18 Å². The molecule has 2 rings (SSSR count). The molecule has 1 aromatic heterocycles. The molecule has 0 aromatic carbocycles. The summed E-state index contributed by atoms with van der Waals surface area (Å²) in [7, 11) is 1.71. The van der Waals surface area contributed by atoms with Gasteiger partial charge in [-0.05, 0) is 35.4 Å². The molecule has 0 amide bonds. The zero-order valence-electron chi connectivity index (χ0n) is 12.5. The number of alkyl halides is 3. The van der Waals surface area contributed by atoms with Crippen molar-refractivity contribution in [1.29, 1.82) is 0 Å². The topological polar surface area (TPSA) is 24.9 Å². The molecule has 0 saturated heterocycles. The van der Waals surface area contributed by atoms with Crippen molar-refractivity contribution in [3.63, 3.8) is 0 Å². The van der Waals surface area contributed by atoms with Crippen LogP contribution in [0.2, 0.25) is 0 Å². The van der Waals surface area contributed by atoms with Gasteiger partial charge in [-0.15, -0.1) is 0 Å². The summed E-state index contributed by atoms with van der Waals surface area (Å²) in [5.41, 5.74) is -0.352. The first-order valence-electron chi connectivity index (χ1n) is 6.73. The molecular formula is C15H21F3N2. The Morgan fingerprint density at radius 2 is 1.75 bits per heavy atom.